The van der Waals surface area contributed by atoms with Crippen LogP contribution in [0.4, 0.5) is 0 Å². The summed E-state index contributed by atoms with van der Waals surface area (Å²) < 4.78 is 5.59. The summed E-state index contributed by atoms with van der Waals surface area (Å²) in [6.07, 6.45) is 1.43. The molecule has 1 aliphatic rings. The number of rotatable bonds is 10. The second-order valence-corrected chi connectivity index (χ2v) is 6.86. The number of nitrogens with one attached hydrogen (secondary N) is 1. The molecule has 1 N–H and O–H groups in total. The Kier molecular flexibility index (Phi) is 9.28. The third kappa shape index (κ3) is 6.96. The molecule has 0 aromatic heterocycles. The van der Waals surface area contributed by atoms with Crippen LogP contribution >= 0.6 is 0 Å². The molecule has 1 aromatic rings. The maximum atomic E-state index is 12.4. The van der Waals surface area contributed by atoms with Crippen molar-refractivity contribution in [1.82, 2.24) is 15.1 Å². The SMILES string of the molecule is CCN(CC)CCOCCNC(=O)C1CCN(C(=O)c2ccccc2)CC1. The fourth-order valence-electron chi connectivity index (χ4n) is 3.33. The van der Waals surface area contributed by atoms with E-state index in [9.17, 15) is 9.59 Å². The van der Waals surface area contributed by atoms with Gasteiger partial charge in [-0.3, -0.25) is 9.59 Å². The lowest BCUT2D eigenvalue weighted by Gasteiger charge is -2.31. The number of nitrogens with zero attached hydrogens (tertiary/aromatic N) is 2. The Hall–Kier alpha value is -1.92. The third-order valence-electron chi connectivity index (χ3n) is 5.17. The molecule has 0 unspecified atom stereocenters. The molecule has 1 saturated heterocycles. The van der Waals surface area contributed by atoms with Gasteiger partial charge in [0.05, 0.1) is 13.2 Å². The molecule has 0 radical (unpaired) electrons. The van der Waals surface area contributed by atoms with Crippen molar-refractivity contribution in [3.8, 4) is 0 Å². The number of piperidine rings is 1. The zero-order valence-electron chi connectivity index (χ0n) is 16.7. The lowest BCUT2D eigenvalue weighted by atomic mass is 9.95. The molecule has 27 heavy (non-hydrogen) atoms. The van der Waals surface area contributed by atoms with E-state index in [4.69, 9.17) is 4.74 Å². The summed E-state index contributed by atoms with van der Waals surface area (Å²) in [6.45, 7) is 10.3. The molecule has 6 nitrogen and oxygen atoms in total. The van der Waals surface area contributed by atoms with Gasteiger partial charge in [-0.15, -0.1) is 0 Å². The topological polar surface area (TPSA) is 61.9 Å². The van der Waals surface area contributed by atoms with Crippen molar-refractivity contribution >= 4 is 11.8 Å². The van der Waals surface area contributed by atoms with Crippen LogP contribution in [0.1, 0.15) is 37.0 Å². The minimum absolute atomic E-state index is 0.0134. The van der Waals surface area contributed by atoms with Crippen LogP contribution in [0, 0.1) is 5.92 Å². The smallest absolute Gasteiger partial charge is 0.253 e. The van der Waals surface area contributed by atoms with E-state index in [0.717, 1.165) is 19.6 Å². The lowest BCUT2D eigenvalue weighted by Crippen LogP contribution is -2.43. The normalized spacial score (nSPS) is 15.1. The van der Waals surface area contributed by atoms with Crippen molar-refractivity contribution in [3.63, 3.8) is 0 Å². The number of hydrogen-bond donors (Lipinski definition) is 1. The molecule has 6 heteroatoms. The average molecular weight is 376 g/mol. The lowest BCUT2D eigenvalue weighted by molar-refractivity contribution is -0.126. The highest BCUT2D eigenvalue weighted by Gasteiger charge is 2.27. The van der Waals surface area contributed by atoms with E-state index in [0.29, 0.717) is 51.3 Å². The highest BCUT2D eigenvalue weighted by atomic mass is 16.5. The Morgan fingerprint density at radius 1 is 1.11 bits per heavy atom. The van der Waals surface area contributed by atoms with Gasteiger partial charge >= 0.3 is 0 Å². The van der Waals surface area contributed by atoms with E-state index >= 15 is 0 Å². The Labute approximate surface area is 162 Å². The molecule has 0 saturated carbocycles. The quantitative estimate of drug-likeness (QED) is 0.636. The molecule has 1 fully saturated rings. The number of likely N-dealkylation sites (N-methyl/N-ethyl adjacent to an activating group) is 1. The third-order valence-corrected chi connectivity index (χ3v) is 5.17. The van der Waals surface area contributed by atoms with Crippen LogP contribution in [0.5, 0.6) is 0 Å². The Morgan fingerprint density at radius 3 is 2.41 bits per heavy atom. The first-order valence-corrected chi connectivity index (χ1v) is 10.1. The molecule has 1 aromatic carbocycles. The standard InChI is InChI=1S/C21H33N3O3/c1-3-23(4-2)15-17-27-16-12-22-20(25)18-10-13-24(14-11-18)21(26)19-8-6-5-7-9-19/h5-9,18H,3-4,10-17H2,1-2H3,(H,22,25). The summed E-state index contributed by atoms with van der Waals surface area (Å²) >= 11 is 0. The molecule has 2 rings (SSSR count). The van der Waals surface area contributed by atoms with E-state index in [1.807, 2.05) is 35.2 Å². The number of benzene rings is 1. The van der Waals surface area contributed by atoms with Gasteiger partial charge in [0, 0.05) is 37.7 Å². The Balaban J connectivity index is 1.60. The van der Waals surface area contributed by atoms with Gasteiger partial charge in [0.2, 0.25) is 5.91 Å². The zero-order chi connectivity index (χ0) is 19.5. The van der Waals surface area contributed by atoms with Crippen molar-refractivity contribution in [2.75, 3.05) is 52.5 Å². The van der Waals surface area contributed by atoms with Gasteiger partial charge in [0.25, 0.3) is 5.91 Å². The van der Waals surface area contributed by atoms with Crippen LogP contribution in [0.2, 0.25) is 0 Å². The van der Waals surface area contributed by atoms with Gasteiger partial charge in [-0.25, -0.2) is 0 Å². The van der Waals surface area contributed by atoms with Crippen LogP contribution < -0.4 is 5.32 Å². The minimum atomic E-state index is -0.0134. The summed E-state index contributed by atoms with van der Waals surface area (Å²) in [5.41, 5.74) is 0.710. The van der Waals surface area contributed by atoms with E-state index < -0.39 is 0 Å². The first kappa shape index (κ1) is 21.4. The highest BCUT2D eigenvalue weighted by Crippen LogP contribution is 2.19. The van der Waals surface area contributed by atoms with Crippen LogP contribution in [0.25, 0.3) is 0 Å². The second kappa shape index (κ2) is 11.7. The van der Waals surface area contributed by atoms with Crippen molar-refractivity contribution in [2.24, 2.45) is 5.92 Å². The van der Waals surface area contributed by atoms with Gasteiger partial charge < -0.3 is 19.9 Å². The molecule has 0 aliphatic carbocycles. The first-order valence-electron chi connectivity index (χ1n) is 10.1. The van der Waals surface area contributed by atoms with E-state index in [-0.39, 0.29) is 17.7 Å². The van der Waals surface area contributed by atoms with Gasteiger partial charge in [-0.2, -0.15) is 0 Å². The van der Waals surface area contributed by atoms with Crippen LogP contribution in [0.3, 0.4) is 0 Å². The molecule has 1 aliphatic heterocycles. The number of likely N-dealkylation sites (tertiary alicyclic amines) is 1. The van der Waals surface area contributed by atoms with Crippen molar-refractivity contribution in [2.45, 2.75) is 26.7 Å². The second-order valence-electron chi connectivity index (χ2n) is 6.86. The number of carbonyl (C=O) groups excluding carboxylic acids is 2. The van der Waals surface area contributed by atoms with Crippen LogP contribution in [-0.2, 0) is 9.53 Å². The number of amides is 2. The van der Waals surface area contributed by atoms with Gasteiger partial charge in [0.1, 0.15) is 0 Å². The largest absolute Gasteiger partial charge is 0.378 e. The summed E-state index contributed by atoms with van der Waals surface area (Å²) in [5, 5.41) is 2.96. The molecular formula is C21H33N3O3. The maximum Gasteiger partial charge on any atom is 0.253 e. The summed E-state index contributed by atoms with van der Waals surface area (Å²) in [7, 11) is 0. The number of hydrogen-bond acceptors (Lipinski definition) is 4. The molecule has 0 spiro atoms. The fraction of sp³-hybridized carbons (Fsp3) is 0.619. The predicted octanol–water partition coefficient (Wildman–Crippen LogP) is 2.01. The zero-order valence-corrected chi connectivity index (χ0v) is 16.7. The predicted molar refractivity (Wildman–Crippen MR) is 107 cm³/mol. The highest BCUT2D eigenvalue weighted by molar-refractivity contribution is 5.94. The van der Waals surface area contributed by atoms with E-state index in [1.165, 1.54) is 0 Å². The molecule has 150 valence electrons. The van der Waals surface area contributed by atoms with Gasteiger partial charge in [0.15, 0.2) is 0 Å². The molecule has 0 bridgehead atoms. The van der Waals surface area contributed by atoms with E-state index in [1.54, 1.807) is 0 Å². The summed E-state index contributed by atoms with van der Waals surface area (Å²) in [6, 6.07) is 9.32. The molecule has 1 heterocycles. The number of carbonyl (C=O) groups is 2. The summed E-state index contributed by atoms with van der Waals surface area (Å²) in [4.78, 5) is 28.9. The fourth-order valence-corrected chi connectivity index (χ4v) is 3.33. The monoisotopic (exact) mass is 375 g/mol. The first-order chi connectivity index (χ1) is 13.2. The van der Waals surface area contributed by atoms with Gasteiger partial charge in [-0.05, 0) is 38.1 Å². The van der Waals surface area contributed by atoms with E-state index in [2.05, 4.69) is 24.1 Å². The maximum absolute atomic E-state index is 12.4. The van der Waals surface area contributed by atoms with Crippen molar-refractivity contribution < 1.29 is 14.3 Å². The summed E-state index contributed by atoms with van der Waals surface area (Å²) in [5.74, 6) is 0.116. The van der Waals surface area contributed by atoms with Crippen molar-refractivity contribution in [3.05, 3.63) is 35.9 Å². The molecule has 0 atom stereocenters. The molecular weight excluding hydrogens is 342 g/mol. The van der Waals surface area contributed by atoms with Gasteiger partial charge in [-0.1, -0.05) is 32.0 Å². The number of ether oxygens (including phenoxy) is 1. The van der Waals surface area contributed by atoms with Crippen LogP contribution in [-0.4, -0.2) is 74.1 Å². The van der Waals surface area contributed by atoms with Crippen molar-refractivity contribution in [1.29, 1.82) is 0 Å². The Bertz CT molecular complexity index is 567. The minimum Gasteiger partial charge on any atom is -0.378 e. The Morgan fingerprint density at radius 2 is 1.78 bits per heavy atom. The van der Waals surface area contributed by atoms with Crippen LogP contribution in [0.15, 0.2) is 30.3 Å². The molecule has 2 amide bonds. The average Bonchev–Trinajstić information content (AvgIpc) is 2.73.